The highest BCUT2D eigenvalue weighted by Gasteiger charge is 2.56. The van der Waals surface area contributed by atoms with Crippen molar-refractivity contribution in [2.24, 2.45) is 11.8 Å². The minimum atomic E-state index is -1.00. The van der Waals surface area contributed by atoms with E-state index >= 15 is 0 Å². The van der Waals surface area contributed by atoms with Crippen LogP contribution in [-0.2, 0) is 10.3 Å². The number of benzene rings is 1. The van der Waals surface area contributed by atoms with Gasteiger partial charge in [-0.3, -0.25) is 4.90 Å². The van der Waals surface area contributed by atoms with Crippen LogP contribution in [0, 0.1) is 11.8 Å². The first-order valence-corrected chi connectivity index (χ1v) is 9.78. The van der Waals surface area contributed by atoms with Gasteiger partial charge in [0.05, 0.1) is 6.10 Å². The molecule has 0 spiro atoms. The molecule has 2 fully saturated rings. The molecular formula is C22H31NO2. The number of rotatable bonds is 1. The van der Waals surface area contributed by atoms with Crippen molar-refractivity contribution in [3.63, 3.8) is 0 Å². The van der Waals surface area contributed by atoms with Crippen molar-refractivity contribution in [3.05, 3.63) is 48.0 Å². The summed E-state index contributed by atoms with van der Waals surface area (Å²) in [5.74, 6) is 1.24. The zero-order chi connectivity index (χ0) is 17.7. The lowest BCUT2D eigenvalue weighted by Crippen LogP contribution is -2.68. The SMILES string of the molecule is C[C@@H]1CC[C@@H]2[C@@H](C1)O[C@@H]1N(CC=CC[C@]1(O)c1ccccc1)C2(C)C. The van der Waals surface area contributed by atoms with Crippen LogP contribution in [0.25, 0.3) is 0 Å². The Morgan fingerprint density at radius 1 is 1.12 bits per heavy atom. The van der Waals surface area contributed by atoms with Crippen LogP contribution in [0.3, 0.4) is 0 Å². The molecule has 1 saturated carbocycles. The first kappa shape index (κ1) is 17.3. The van der Waals surface area contributed by atoms with E-state index in [-0.39, 0.29) is 17.9 Å². The molecule has 136 valence electrons. The Balaban J connectivity index is 1.76. The molecule has 1 aromatic carbocycles. The van der Waals surface area contributed by atoms with Crippen LogP contribution in [0.2, 0.25) is 0 Å². The molecule has 1 saturated heterocycles. The Kier molecular flexibility index (Phi) is 4.30. The molecule has 3 heteroatoms. The van der Waals surface area contributed by atoms with E-state index in [1.807, 2.05) is 30.3 Å². The van der Waals surface area contributed by atoms with Gasteiger partial charge in [-0.2, -0.15) is 0 Å². The fourth-order valence-corrected chi connectivity index (χ4v) is 5.28. The van der Waals surface area contributed by atoms with Crippen LogP contribution in [0.4, 0.5) is 0 Å². The number of aliphatic hydroxyl groups is 1. The van der Waals surface area contributed by atoms with Gasteiger partial charge in [0.2, 0.25) is 0 Å². The van der Waals surface area contributed by atoms with Crippen molar-refractivity contribution in [1.29, 1.82) is 0 Å². The molecular weight excluding hydrogens is 310 g/mol. The summed E-state index contributed by atoms with van der Waals surface area (Å²) in [5.41, 5.74) is -0.0304. The van der Waals surface area contributed by atoms with Crippen molar-refractivity contribution in [1.82, 2.24) is 4.90 Å². The van der Waals surface area contributed by atoms with Gasteiger partial charge < -0.3 is 9.84 Å². The minimum absolute atomic E-state index is 0.0190. The first-order valence-electron chi connectivity index (χ1n) is 9.78. The Hall–Kier alpha value is -1.16. The van der Waals surface area contributed by atoms with E-state index in [0.29, 0.717) is 18.3 Å². The molecule has 2 aliphatic heterocycles. The van der Waals surface area contributed by atoms with E-state index in [9.17, 15) is 5.11 Å². The summed E-state index contributed by atoms with van der Waals surface area (Å²) in [6, 6.07) is 10.1. The number of ether oxygens (including phenoxy) is 1. The standard InChI is InChI=1S/C22H31NO2/c1-16-11-12-18-19(15-16)25-20-22(24,17-9-5-4-6-10-17)13-7-8-14-23(20)21(18,2)3/h4-10,16,18-20,24H,11-15H2,1-3H3/t16-,18-,19-,20+,22+/m1/s1. The molecule has 1 aromatic rings. The zero-order valence-electron chi connectivity index (χ0n) is 15.7. The highest BCUT2D eigenvalue weighted by atomic mass is 16.5. The van der Waals surface area contributed by atoms with Crippen LogP contribution in [0.15, 0.2) is 42.5 Å². The Morgan fingerprint density at radius 2 is 1.88 bits per heavy atom. The Morgan fingerprint density at radius 3 is 2.64 bits per heavy atom. The normalized spacial score (nSPS) is 40.8. The van der Waals surface area contributed by atoms with Gasteiger partial charge in [0.25, 0.3) is 0 Å². The number of hydrogen-bond acceptors (Lipinski definition) is 3. The van der Waals surface area contributed by atoms with E-state index in [1.165, 1.54) is 12.8 Å². The molecule has 4 rings (SSSR count). The minimum Gasteiger partial charge on any atom is -0.381 e. The highest BCUT2D eigenvalue weighted by Crippen LogP contribution is 2.49. The third kappa shape index (κ3) is 2.77. The van der Waals surface area contributed by atoms with Crippen molar-refractivity contribution in [3.8, 4) is 0 Å². The lowest BCUT2D eigenvalue weighted by atomic mass is 9.69. The molecule has 0 unspecified atom stereocenters. The fourth-order valence-electron chi connectivity index (χ4n) is 5.28. The second-order valence-electron chi connectivity index (χ2n) is 8.82. The molecule has 25 heavy (non-hydrogen) atoms. The second-order valence-corrected chi connectivity index (χ2v) is 8.82. The molecule has 0 radical (unpaired) electrons. The van der Waals surface area contributed by atoms with Crippen molar-refractivity contribution < 1.29 is 9.84 Å². The average molecular weight is 341 g/mol. The molecule has 1 N–H and O–H groups in total. The fraction of sp³-hybridized carbons (Fsp3) is 0.636. The van der Waals surface area contributed by atoms with Gasteiger partial charge in [0.1, 0.15) is 11.8 Å². The lowest BCUT2D eigenvalue weighted by molar-refractivity contribution is -0.285. The topological polar surface area (TPSA) is 32.7 Å². The monoisotopic (exact) mass is 341 g/mol. The lowest BCUT2D eigenvalue weighted by Gasteiger charge is -2.59. The maximum atomic E-state index is 11.8. The molecule has 0 amide bonds. The van der Waals surface area contributed by atoms with E-state index in [2.05, 4.69) is 37.8 Å². The zero-order valence-corrected chi connectivity index (χ0v) is 15.7. The molecule has 5 atom stereocenters. The van der Waals surface area contributed by atoms with Gasteiger partial charge in [0.15, 0.2) is 0 Å². The molecule has 2 heterocycles. The third-order valence-corrected chi connectivity index (χ3v) is 6.87. The summed E-state index contributed by atoms with van der Waals surface area (Å²) < 4.78 is 6.69. The van der Waals surface area contributed by atoms with Crippen LogP contribution in [0.5, 0.6) is 0 Å². The van der Waals surface area contributed by atoms with Crippen LogP contribution >= 0.6 is 0 Å². The molecule has 0 aromatic heterocycles. The average Bonchev–Trinajstić information content (AvgIpc) is 2.76. The van der Waals surface area contributed by atoms with E-state index in [4.69, 9.17) is 4.74 Å². The molecule has 3 aliphatic rings. The van der Waals surface area contributed by atoms with Gasteiger partial charge in [-0.25, -0.2) is 0 Å². The van der Waals surface area contributed by atoms with E-state index < -0.39 is 5.60 Å². The van der Waals surface area contributed by atoms with Gasteiger partial charge in [-0.05, 0) is 38.2 Å². The summed E-state index contributed by atoms with van der Waals surface area (Å²) in [6.07, 6.45) is 8.47. The van der Waals surface area contributed by atoms with Crippen molar-refractivity contribution in [2.45, 2.75) is 69.9 Å². The maximum absolute atomic E-state index is 11.8. The van der Waals surface area contributed by atoms with Gasteiger partial charge >= 0.3 is 0 Å². The molecule has 0 bridgehead atoms. The summed E-state index contributed by atoms with van der Waals surface area (Å²) in [4.78, 5) is 2.40. The number of nitrogens with zero attached hydrogens (tertiary/aromatic N) is 1. The Labute approximate surface area is 151 Å². The first-order chi connectivity index (χ1) is 11.9. The largest absolute Gasteiger partial charge is 0.381 e. The number of hydrogen-bond donors (Lipinski definition) is 1. The third-order valence-electron chi connectivity index (χ3n) is 6.87. The predicted octanol–water partition coefficient (Wildman–Crippen LogP) is 4.08. The smallest absolute Gasteiger partial charge is 0.145 e. The maximum Gasteiger partial charge on any atom is 0.145 e. The molecule has 3 nitrogen and oxygen atoms in total. The van der Waals surface area contributed by atoms with Crippen LogP contribution in [-0.4, -0.2) is 34.4 Å². The van der Waals surface area contributed by atoms with E-state index in [1.54, 1.807) is 0 Å². The predicted molar refractivity (Wildman–Crippen MR) is 100 cm³/mol. The van der Waals surface area contributed by atoms with Crippen LogP contribution < -0.4 is 0 Å². The van der Waals surface area contributed by atoms with Gasteiger partial charge in [-0.15, -0.1) is 0 Å². The summed E-state index contributed by atoms with van der Waals surface area (Å²) in [7, 11) is 0. The van der Waals surface area contributed by atoms with Crippen LogP contribution in [0.1, 0.15) is 52.0 Å². The second kappa shape index (κ2) is 6.22. The summed E-state index contributed by atoms with van der Waals surface area (Å²) in [5, 5.41) is 11.8. The summed E-state index contributed by atoms with van der Waals surface area (Å²) >= 11 is 0. The summed E-state index contributed by atoms with van der Waals surface area (Å²) in [6.45, 7) is 7.87. The highest BCUT2D eigenvalue weighted by molar-refractivity contribution is 5.27. The quantitative estimate of drug-likeness (QED) is 0.782. The van der Waals surface area contributed by atoms with Gasteiger partial charge in [0, 0.05) is 24.4 Å². The molecule has 1 aliphatic carbocycles. The van der Waals surface area contributed by atoms with Gasteiger partial charge in [-0.1, -0.05) is 55.8 Å². The van der Waals surface area contributed by atoms with Crippen molar-refractivity contribution >= 4 is 0 Å². The van der Waals surface area contributed by atoms with Crippen molar-refractivity contribution in [2.75, 3.05) is 6.54 Å². The Bertz CT molecular complexity index is 641. The number of fused-ring (bicyclic) bond motifs is 2. The van der Waals surface area contributed by atoms with E-state index in [0.717, 1.165) is 18.5 Å².